The molecule has 3 rings (SSSR count). The van der Waals surface area contributed by atoms with Crippen molar-refractivity contribution >= 4 is 11.8 Å². The first kappa shape index (κ1) is 16.6. The van der Waals surface area contributed by atoms with Crippen LogP contribution in [0.3, 0.4) is 0 Å². The Labute approximate surface area is 142 Å². The van der Waals surface area contributed by atoms with E-state index in [0.717, 1.165) is 12.8 Å². The van der Waals surface area contributed by atoms with Crippen LogP contribution in [0.25, 0.3) is 0 Å². The van der Waals surface area contributed by atoms with E-state index in [4.69, 9.17) is 4.74 Å². The number of methoxy groups -OCH3 is 1. The fourth-order valence-corrected chi connectivity index (χ4v) is 3.32. The summed E-state index contributed by atoms with van der Waals surface area (Å²) in [6.45, 7) is 2.40. The topological polar surface area (TPSA) is 49.9 Å². The van der Waals surface area contributed by atoms with Gasteiger partial charge < -0.3 is 14.5 Å². The zero-order valence-corrected chi connectivity index (χ0v) is 14.1. The molecule has 1 heterocycles. The molecule has 128 valence electrons. The second kappa shape index (κ2) is 7.51. The molecule has 0 radical (unpaired) electrons. The Kier molecular flexibility index (Phi) is 5.18. The highest BCUT2D eigenvalue weighted by atomic mass is 16.5. The van der Waals surface area contributed by atoms with Crippen LogP contribution in [0, 0.1) is 5.92 Å². The predicted molar refractivity (Wildman–Crippen MR) is 92.0 cm³/mol. The highest BCUT2D eigenvalue weighted by molar-refractivity contribution is 5.94. The first-order valence-electron chi connectivity index (χ1n) is 8.55. The number of carbonyl (C=O) groups is 2. The maximum absolute atomic E-state index is 12.6. The summed E-state index contributed by atoms with van der Waals surface area (Å²) < 4.78 is 5.17. The first-order chi connectivity index (χ1) is 11.7. The highest BCUT2D eigenvalue weighted by Gasteiger charge is 2.26. The van der Waals surface area contributed by atoms with E-state index >= 15 is 0 Å². The van der Waals surface area contributed by atoms with Gasteiger partial charge in [0.15, 0.2) is 0 Å². The van der Waals surface area contributed by atoms with E-state index < -0.39 is 0 Å². The number of benzene rings is 1. The van der Waals surface area contributed by atoms with Crippen molar-refractivity contribution in [3.05, 3.63) is 42.0 Å². The summed E-state index contributed by atoms with van der Waals surface area (Å²) in [4.78, 5) is 28.6. The van der Waals surface area contributed by atoms with Crippen LogP contribution in [-0.4, -0.2) is 54.9 Å². The van der Waals surface area contributed by atoms with Crippen molar-refractivity contribution in [3.63, 3.8) is 0 Å². The summed E-state index contributed by atoms with van der Waals surface area (Å²) in [6, 6.07) is 7.20. The van der Waals surface area contributed by atoms with Gasteiger partial charge in [-0.3, -0.25) is 9.59 Å². The molecule has 1 aliphatic heterocycles. The van der Waals surface area contributed by atoms with Crippen molar-refractivity contribution in [2.45, 2.75) is 19.3 Å². The lowest BCUT2D eigenvalue weighted by atomic mass is 10.0. The molecule has 1 aromatic rings. The van der Waals surface area contributed by atoms with Crippen molar-refractivity contribution in [1.29, 1.82) is 0 Å². The molecule has 0 aromatic heterocycles. The van der Waals surface area contributed by atoms with Gasteiger partial charge in [-0.25, -0.2) is 0 Å². The number of rotatable bonds is 4. The Morgan fingerprint density at radius 3 is 2.58 bits per heavy atom. The van der Waals surface area contributed by atoms with E-state index in [0.29, 0.717) is 49.8 Å². The van der Waals surface area contributed by atoms with E-state index in [1.807, 2.05) is 21.9 Å². The third kappa shape index (κ3) is 3.78. The molecule has 5 heteroatoms. The van der Waals surface area contributed by atoms with Crippen molar-refractivity contribution in [3.8, 4) is 5.75 Å². The SMILES string of the molecule is COc1cccc(C(=O)N2CCN(C(=O)C[C@H]3C=CCC3)CC2)c1. The van der Waals surface area contributed by atoms with Gasteiger partial charge in [-0.2, -0.15) is 0 Å². The van der Waals surface area contributed by atoms with Crippen molar-refractivity contribution < 1.29 is 14.3 Å². The average Bonchev–Trinajstić information content (AvgIpc) is 3.14. The first-order valence-corrected chi connectivity index (χ1v) is 8.55. The molecule has 1 aliphatic carbocycles. The molecular formula is C19H24N2O3. The quantitative estimate of drug-likeness (QED) is 0.797. The predicted octanol–water partition coefficient (Wildman–Crippen LogP) is 2.34. The van der Waals surface area contributed by atoms with Crippen LogP contribution in [0.2, 0.25) is 0 Å². The molecule has 24 heavy (non-hydrogen) atoms. The van der Waals surface area contributed by atoms with Gasteiger partial charge >= 0.3 is 0 Å². The van der Waals surface area contributed by atoms with E-state index in [1.54, 1.807) is 19.2 Å². The number of piperazine rings is 1. The Balaban J connectivity index is 1.53. The van der Waals surface area contributed by atoms with Gasteiger partial charge in [0.2, 0.25) is 5.91 Å². The minimum Gasteiger partial charge on any atom is -0.497 e. The number of hydrogen-bond acceptors (Lipinski definition) is 3. The van der Waals surface area contributed by atoms with Gasteiger partial charge in [0.25, 0.3) is 5.91 Å². The monoisotopic (exact) mass is 328 g/mol. The number of ether oxygens (including phenoxy) is 1. The molecule has 0 saturated carbocycles. The largest absolute Gasteiger partial charge is 0.497 e. The Morgan fingerprint density at radius 1 is 1.17 bits per heavy atom. The summed E-state index contributed by atoms with van der Waals surface area (Å²) in [5.41, 5.74) is 0.630. The summed E-state index contributed by atoms with van der Waals surface area (Å²) in [5.74, 6) is 1.29. The lowest BCUT2D eigenvalue weighted by molar-refractivity contribution is -0.133. The molecule has 1 fully saturated rings. The number of amides is 2. The summed E-state index contributed by atoms with van der Waals surface area (Å²) in [7, 11) is 1.59. The van der Waals surface area contributed by atoms with Crippen LogP contribution >= 0.6 is 0 Å². The number of nitrogens with zero attached hydrogens (tertiary/aromatic N) is 2. The second-order valence-electron chi connectivity index (χ2n) is 6.37. The average molecular weight is 328 g/mol. The van der Waals surface area contributed by atoms with Crippen LogP contribution in [0.4, 0.5) is 0 Å². The van der Waals surface area contributed by atoms with Crippen LogP contribution in [0.15, 0.2) is 36.4 Å². The van der Waals surface area contributed by atoms with Crippen LogP contribution in [0.5, 0.6) is 5.75 Å². The maximum atomic E-state index is 12.6. The molecule has 1 atom stereocenters. The van der Waals surface area contributed by atoms with Crippen LogP contribution < -0.4 is 4.74 Å². The minimum atomic E-state index is -0.000254. The normalized spacial score (nSPS) is 20.3. The molecule has 0 N–H and O–H groups in total. The summed E-state index contributed by atoms with van der Waals surface area (Å²) in [5, 5.41) is 0. The third-order valence-electron chi connectivity index (χ3n) is 4.79. The number of carbonyl (C=O) groups excluding carboxylic acids is 2. The maximum Gasteiger partial charge on any atom is 0.254 e. The van der Waals surface area contributed by atoms with Crippen molar-refractivity contribution in [1.82, 2.24) is 9.80 Å². The zero-order valence-electron chi connectivity index (χ0n) is 14.1. The molecule has 5 nitrogen and oxygen atoms in total. The van der Waals surface area contributed by atoms with E-state index in [-0.39, 0.29) is 11.8 Å². The lowest BCUT2D eigenvalue weighted by Gasteiger charge is -2.35. The van der Waals surface area contributed by atoms with Gasteiger partial charge in [-0.1, -0.05) is 18.2 Å². The van der Waals surface area contributed by atoms with E-state index in [9.17, 15) is 9.59 Å². The summed E-state index contributed by atoms with van der Waals surface area (Å²) >= 11 is 0. The number of hydrogen-bond donors (Lipinski definition) is 0. The molecule has 0 bridgehead atoms. The van der Waals surface area contributed by atoms with E-state index in [2.05, 4.69) is 12.2 Å². The summed E-state index contributed by atoms with van der Waals surface area (Å²) in [6.07, 6.45) is 7.07. The Morgan fingerprint density at radius 2 is 1.92 bits per heavy atom. The lowest BCUT2D eigenvalue weighted by Crippen LogP contribution is -2.50. The fourth-order valence-electron chi connectivity index (χ4n) is 3.32. The fraction of sp³-hybridized carbons (Fsp3) is 0.474. The molecule has 2 amide bonds. The standard InChI is InChI=1S/C19H24N2O3/c1-24-17-8-4-7-16(14-17)19(23)21-11-9-20(10-12-21)18(22)13-15-5-2-3-6-15/h2,4-5,7-8,14-15H,3,6,9-13H2,1H3/t15-/m0/s1. The molecule has 2 aliphatic rings. The molecule has 1 aromatic carbocycles. The second-order valence-corrected chi connectivity index (χ2v) is 6.37. The number of allylic oxidation sites excluding steroid dienone is 2. The van der Waals surface area contributed by atoms with Crippen molar-refractivity contribution in [2.24, 2.45) is 5.92 Å². The Hall–Kier alpha value is -2.30. The van der Waals surface area contributed by atoms with Crippen LogP contribution in [-0.2, 0) is 4.79 Å². The van der Waals surface area contributed by atoms with Crippen LogP contribution in [0.1, 0.15) is 29.6 Å². The smallest absolute Gasteiger partial charge is 0.254 e. The van der Waals surface area contributed by atoms with Crippen molar-refractivity contribution in [2.75, 3.05) is 33.3 Å². The Bertz CT molecular complexity index is 633. The van der Waals surface area contributed by atoms with Gasteiger partial charge in [0.05, 0.1) is 7.11 Å². The highest BCUT2D eigenvalue weighted by Crippen LogP contribution is 2.22. The van der Waals surface area contributed by atoms with Gasteiger partial charge in [0, 0.05) is 38.2 Å². The molecule has 0 unspecified atom stereocenters. The minimum absolute atomic E-state index is 0.000254. The molecule has 0 spiro atoms. The third-order valence-corrected chi connectivity index (χ3v) is 4.79. The molecular weight excluding hydrogens is 304 g/mol. The van der Waals surface area contributed by atoms with Gasteiger partial charge in [-0.15, -0.1) is 0 Å². The zero-order chi connectivity index (χ0) is 16.9. The van der Waals surface area contributed by atoms with E-state index in [1.165, 1.54) is 0 Å². The van der Waals surface area contributed by atoms with Gasteiger partial charge in [0.1, 0.15) is 5.75 Å². The van der Waals surface area contributed by atoms with Gasteiger partial charge in [-0.05, 0) is 37.0 Å². The molecule has 1 saturated heterocycles.